The van der Waals surface area contributed by atoms with Gasteiger partial charge in [0.15, 0.2) is 0 Å². The van der Waals surface area contributed by atoms with Gasteiger partial charge in [0.25, 0.3) is 0 Å². The number of sulfone groups is 1. The molecule has 0 aromatic heterocycles. The van der Waals surface area contributed by atoms with Crippen LogP contribution in [0.2, 0.25) is 5.02 Å². The minimum atomic E-state index is -3.30. The van der Waals surface area contributed by atoms with E-state index in [9.17, 15) is 13.2 Å². The summed E-state index contributed by atoms with van der Waals surface area (Å²) in [4.78, 5) is 11.6. The largest absolute Gasteiger partial charge is 0.469 e. The van der Waals surface area contributed by atoms with Crippen molar-refractivity contribution in [3.63, 3.8) is 0 Å². The lowest BCUT2D eigenvalue weighted by molar-refractivity contribution is -0.141. The summed E-state index contributed by atoms with van der Waals surface area (Å²) in [7, 11) is -2.09. The zero-order chi connectivity index (χ0) is 13.1. The Hall–Kier alpha value is -1.07. The van der Waals surface area contributed by atoms with Gasteiger partial charge in [-0.15, -0.1) is 0 Å². The van der Waals surface area contributed by atoms with Gasteiger partial charge < -0.3 is 4.74 Å². The molecule has 0 saturated carbocycles. The van der Waals surface area contributed by atoms with Crippen LogP contribution in [0, 0.1) is 0 Å². The van der Waals surface area contributed by atoms with Gasteiger partial charge in [-0.3, -0.25) is 4.79 Å². The summed E-state index contributed by atoms with van der Waals surface area (Å²) in [6.07, 6.45) is 1.07. The molecule has 1 rings (SSSR count). The van der Waals surface area contributed by atoms with E-state index < -0.39 is 21.7 Å². The van der Waals surface area contributed by atoms with Crippen molar-refractivity contribution in [2.45, 2.75) is 5.92 Å². The molecule has 1 aromatic carbocycles. The molecule has 0 heterocycles. The van der Waals surface area contributed by atoms with E-state index in [-0.39, 0.29) is 5.75 Å². The molecule has 94 valence electrons. The summed E-state index contributed by atoms with van der Waals surface area (Å²) in [5.74, 6) is -1.81. The Morgan fingerprint density at radius 2 is 2.00 bits per heavy atom. The Bertz CT molecular complexity index is 510. The molecular formula is C11H13ClO4S. The van der Waals surface area contributed by atoms with Gasteiger partial charge in [-0.25, -0.2) is 8.42 Å². The van der Waals surface area contributed by atoms with Gasteiger partial charge in [0.1, 0.15) is 9.84 Å². The molecule has 0 aliphatic heterocycles. The predicted octanol–water partition coefficient (Wildman–Crippen LogP) is 1.64. The quantitative estimate of drug-likeness (QED) is 0.785. The van der Waals surface area contributed by atoms with Crippen LogP contribution in [-0.4, -0.2) is 33.5 Å². The highest BCUT2D eigenvalue weighted by Crippen LogP contribution is 2.26. The molecule has 0 aliphatic rings. The van der Waals surface area contributed by atoms with E-state index in [1.165, 1.54) is 7.11 Å². The summed E-state index contributed by atoms with van der Waals surface area (Å²) in [5, 5.41) is 0.353. The molecule has 1 atom stereocenters. The highest BCUT2D eigenvalue weighted by Gasteiger charge is 2.27. The summed E-state index contributed by atoms with van der Waals surface area (Å²) in [6, 6.07) is 6.63. The first-order valence-electron chi connectivity index (χ1n) is 4.85. The van der Waals surface area contributed by atoms with Gasteiger partial charge in [-0.1, -0.05) is 29.8 Å². The molecule has 6 heteroatoms. The van der Waals surface area contributed by atoms with Crippen molar-refractivity contribution in [3.8, 4) is 0 Å². The topological polar surface area (TPSA) is 60.4 Å². The Morgan fingerprint density at radius 1 is 1.41 bits per heavy atom. The van der Waals surface area contributed by atoms with Crippen LogP contribution in [0.4, 0.5) is 0 Å². The highest BCUT2D eigenvalue weighted by atomic mass is 35.5. The lowest BCUT2D eigenvalue weighted by atomic mass is 10.0. The van der Waals surface area contributed by atoms with E-state index in [2.05, 4.69) is 4.74 Å². The fraction of sp³-hybridized carbons (Fsp3) is 0.364. The molecule has 0 bridgehead atoms. The lowest BCUT2D eigenvalue weighted by Gasteiger charge is -2.15. The molecule has 0 N–H and O–H groups in total. The molecule has 0 fully saturated rings. The van der Waals surface area contributed by atoms with E-state index in [0.717, 1.165) is 6.26 Å². The van der Waals surface area contributed by atoms with Crippen LogP contribution in [0.1, 0.15) is 11.5 Å². The number of ether oxygens (including phenoxy) is 1. The number of halogens is 1. The van der Waals surface area contributed by atoms with Gasteiger partial charge in [0.05, 0.1) is 18.8 Å². The average Bonchev–Trinajstić information content (AvgIpc) is 2.25. The Kier molecular flexibility index (Phi) is 4.54. The summed E-state index contributed by atoms with van der Waals surface area (Å²) >= 11 is 5.95. The van der Waals surface area contributed by atoms with Crippen molar-refractivity contribution in [2.75, 3.05) is 19.1 Å². The van der Waals surface area contributed by atoms with Crippen molar-refractivity contribution in [1.29, 1.82) is 0 Å². The van der Waals surface area contributed by atoms with Gasteiger partial charge in [0, 0.05) is 11.3 Å². The average molecular weight is 277 g/mol. The van der Waals surface area contributed by atoms with Crippen molar-refractivity contribution < 1.29 is 17.9 Å². The SMILES string of the molecule is COC(=O)C(CS(C)(=O)=O)c1ccccc1Cl. The number of methoxy groups -OCH3 is 1. The van der Waals surface area contributed by atoms with Gasteiger partial charge >= 0.3 is 5.97 Å². The van der Waals surface area contributed by atoms with Crippen molar-refractivity contribution in [2.24, 2.45) is 0 Å². The van der Waals surface area contributed by atoms with E-state index in [1.54, 1.807) is 24.3 Å². The molecule has 4 nitrogen and oxygen atoms in total. The van der Waals surface area contributed by atoms with E-state index in [4.69, 9.17) is 11.6 Å². The maximum Gasteiger partial charge on any atom is 0.314 e. The molecule has 0 amide bonds. The second-order valence-corrected chi connectivity index (χ2v) is 6.28. The van der Waals surface area contributed by atoms with Crippen LogP contribution in [0.5, 0.6) is 0 Å². The summed E-state index contributed by atoms with van der Waals surface area (Å²) in [6.45, 7) is 0. The maximum atomic E-state index is 11.6. The van der Waals surface area contributed by atoms with Crippen LogP contribution >= 0.6 is 11.6 Å². The Balaban J connectivity index is 3.16. The van der Waals surface area contributed by atoms with Crippen LogP contribution < -0.4 is 0 Å². The number of esters is 1. The minimum absolute atomic E-state index is 0.316. The predicted molar refractivity (Wildman–Crippen MR) is 65.9 cm³/mol. The number of hydrogen-bond acceptors (Lipinski definition) is 4. The molecular weight excluding hydrogens is 264 g/mol. The summed E-state index contributed by atoms with van der Waals surface area (Å²) < 4.78 is 27.2. The first-order chi connectivity index (χ1) is 7.85. The zero-order valence-electron chi connectivity index (χ0n) is 9.51. The second-order valence-electron chi connectivity index (χ2n) is 3.69. The second kappa shape index (κ2) is 5.51. The molecule has 0 spiro atoms. The van der Waals surface area contributed by atoms with Crippen molar-refractivity contribution in [3.05, 3.63) is 34.9 Å². The molecule has 0 saturated heterocycles. The van der Waals surface area contributed by atoms with E-state index in [0.29, 0.717) is 10.6 Å². The minimum Gasteiger partial charge on any atom is -0.469 e. The van der Waals surface area contributed by atoms with Gasteiger partial charge in [-0.2, -0.15) is 0 Å². The molecule has 0 aliphatic carbocycles. The Labute approximate surface area is 105 Å². The smallest absolute Gasteiger partial charge is 0.314 e. The fourth-order valence-corrected chi connectivity index (χ4v) is 2.68. The number of carbonyl (C=O) groups is 1. The number of benzene rings is 1. The number of carbonyl (C=O) groups excluding carboxylic acids is 1. The monoisotopic (exact) mass is 276 g/mol. The number of hydrogen-bond donors (Lipinski definition) is 0. The standard InChI is InChI=1S/C11H13ClO4S/c1-16-11(13)9(7-17(2,14)15)8-5-3-4-6-10(8)12/h3-6,9H,7H2,1-2H3. The third kappa shape index (κ3) is 4.02. The van der Waals surface area contributed by atoms with Crippen LogP contribution in [0.25, 0.3) is 0 Å². The van der Waals surface area contributed by atoms with Crippen LogP contribution in [-0.2, 0) is 19.4 Å². The van der Waals surface area contributed by atoms with Crippen molar-refractivity contribution in [1.82, 2.24) is 0 Å². The maximum absolute atomic E-state index is 11.6. The van der Waals surface area contributed by atoms with E-state index in [1.807, 2.05) is 0 Å². The first kappa shape index (κ1) is 14.0. The van der Waals surface area contributed by atoms with E-state index >= 15 is 0 Å². The Morgan fingerprint density at radius 3 is 2.47 bits per heavy atom. The van der Waals surface area contributed by atoms with Crippen LogP contribution in [0.3, 0.4) is 0 Å². The first-order valence-corrected chi connectivity index (χ1v) is 7.29. The highest BCUT2D eigenvalue weighted by molar-refractivity contribution is 7.90. The van der Waals surface area contributed by atoms with Gasteiger partial charge in [-0.05, 0) is 11.6 Å². The van der Waals surface area contributed by atoms with Crippen molar-refractivity contribution >= 4 is 27.4 Å². The molecule has 17 heavy (non-hydrogen) atoms. The normalized spacial score (nSPS) is 13.1. The van der Waals surface area contributed by atoms with Crippen LogP contribution in [0.15, 0.2) is 24.3 Å². The third-order valence-corrected chi connectivity index (χ3v) is 3.52. The summed E-state index contributed by atoms with van der Waals surface area (Å²) in [5.41, 5.74) is 0.464. The zero-order valence-corrected chi connectivity index (χ0v) is 11.1. The fourth-order valence-electron chi connectivity index (χ4n) is 1.49. The lowest BCUT2D eigenvalue weighted by Crippen LogP contribution is -2.23. The molecule has 1 aromatic rings. The third-order valence-electron chi connectivity index (χ3n) is 2.24. The molecule has 0 radical (unpaired) electrons. The number of rotatable bonds is 4. The molecule has 1 unspecified atom stereocenters. The van der Waals surface area contributed by atoms with Gasteiger partial charge in [0.2, 0.25) is 0 Å².